The molecular formula is C7H12F3NO2. The Labute approximate surface area is 74.0 Å². The molecule has 0 aromatic carbocycles. The van der Waals surface area contributed by atoms with E-state index < -0.39 is 24.6 Å². The van der Waals surface area contributed by atoms with Crippen molar-refractivity contribution in [3.63, 3.8) is 0 Å². The van der Waals surface area contributed by atoms with Crippen LogP contribution in [0, 0.1) is 0 Å². The molecule has 0 aromatic heterocycles. The summed E-state index contributed by atoms with van der Waals surface area (Å²) in [4.78, 5) is 10.4. The molecule has 3 nitrogen and oxygen atoms in total. The first-order valence-corrected chi connectivity index (χ1v) is 3.80. The number of rotatable bonds is 5. The Morgan fingerprint density at radius 3 is 2.46 bits per heavy atom. The summed E-state index contributed by atoms with van der Waals surface area (Å²) < 4.78 is 39.5. The quantitative estimate of drug-likeness (QED) is 0.677. The van der Waals surface area contributed by atoms with E-state index in [9.17, 15) is 18.0 Å². The highest BCUT2D eigenvalue weighted by molar-refractivity contribution is 5.78. The first-order valence-electron chi connectivity index (χ1n) is 3.80. The van der Waals surface area contributed by atoms with Gasteiger partial charge in [-0.3, -0.25) is 4.79 Å². The third-order valence-electron chi connectivity index (χ3n) is 1.37. The molecule has 0 spiro atoms. The second-order valence-electron chi connectivity index (χ2n) is 2.63. The minimum absolute atomic E-state index is 0.108. The summed E-state index contributed by atoms with van der Waals surface area (Å²) in [5, 5.41) is 0. The van der Waals surface area contributed by atoms with Crippen LogP contribution in [-0.4, -0.2) is 24.8 Å². The third kappa shape index (κ3) is 7.58. The predicted molar refractivity (Wildman–Crippen MR) is 39.9 cm³/mol. The Hall–Kier alpha value is -0.780. The van der Waals surface area contributed by atoms with E-state index in [4.69, 9.17) is 10.5 Å². The molecule has 0 heterocycles. The standard InChI is InChI=1S/C7H12F3NO2/c1-5(6(11)12)13-4-2-3-7(8,9)10/h5H,2-4H2,1H3,(H2,11,12). The predicted octanol–water partition coefficient (Wildman–Crippen LogP) is 1.22. The fourth-order valence-electron chi connectivity index (χ4n) is 0.615. The number of hydrogen-bond acceptors (Lipinski definition) is 2. The molecule has 0 aromatic rings. The minimum atomic E-state index is -4.17. The molecule has 0 fully saturated rings. The summed E-state index contributed by atoms with van der Waals surface area (Å²) in [6.07, 6.45) is -6.05. The molecule has 0 radical (unpaired) electrons. The number of primary amides is 1. The fraction of sp³-hybridized carbons (Fsp3) is 0.857. The van der Waals surface area contributed by atoms with Gasteiger partial charge < -0.3 is 10.5 Å². The first kappa shape index (κ1) is 12.2. The average molecular weight is 199 g/mol. The number of alkyl halides is 3. The summed E-state index contributed by atoms with van der Waals surface area (Å²) in [7, 11) is 0. The van der Waals surface area contributed by atoms with Crippen molar-refractivity contribution in [1.29, 1.82) is 0 Å². The molecule has 2 N–H and O–H groups in total. The van der Waals surface area contributed by atoms with Crippen molar-refractivity contribution >= 4 is 5.91 Å². The van der Waals surface area contributed by atoms with Gasteiger partial charge in [0.1, 0.15) is 6.10 Å². The number of nitrogens with two attached hydrogens (primary N) is 1. The molecule has 1 unspecified atom stereocenters. The second-order valence-corrected chi connectivity index (χ2v) is 2.63. The van der Waals surface area contributed by atoms with E-state index in [0.717, 1.165) is 0 Å². The van der Waals surface area contributed by atoms with E-state index in [0.29, 0.717) is 0 Å². The van der Waals surface area contributed by atoms with Crippen molar-refractivity contribution in [2.24, 2.45) is 5.73 Å². The number of carbonyl (C=O) groups excluding carboxylic acids is 1. The van der Waals surface area contributed by atoms with Gasteiger partial charge in [0.05, 0.1) is 0 Å². The molecular weight excluding hydrogens is 187 g/mol. The van der Waals surface area contributed by atoms with Crippen LogP contribution in [0.5, 0.6) is 0 Å². The van der Waals surface area contributed by atoms with Gasteiger partial charge >= 0.3 is 6.18 Å². The zero-order chi connectivity index (χ0) is 10.5. The highest BCUT2D eigenvalue weighted by atomic mass is 19.4. The van der Waals surface area contributed by atoms with Gasteiger partial charge in [0.2, 0.25) is 5.91 Å². The monoisotopic (exact) mass is 199 g/mol. The normalized spacial score (nSPS) is 14.2. The molecule has 0 aliphatic rings. The zero-order valence-electron chi connectivity index (χ0n) is 7.23. The van der Waals surface area contributed by atoms with Gasteiger partial charge in [0.25, 0.3) is 0 Å². The van der Waals surface area contributed by atoms with Gasteiger partial charge in [-0.15, -0.1) is 0 Å². The van der Waals surface area contributed by atoms with Crippen LogP contribution in [-0.2, 0) is 9.53 Å². The SMILES string of the molecule is CC(OCCCC(F)(F)F)C(N)=O. The van der Waals surface area contributed by atoms with Crippen molar-refractivity contribution in [3.8, 4) is 0 Å². The molecule has 78 valence electrons. The molecule has 0 rings (SSSR count). The minimum Gasteiger partial charge on any atom is -0.369 e. The number of halogens is 3. The van der Waals surface area contributed by atoms with Crippen LogP contribution in [0.1, 0.15) is 19.8 Å². The van der Waals surface area contributed by atoms with E-state index >= 15 is 0 Å². The van der Waals surface area contributed by atoms with Crippen LogP contribution in [0.2, 0.25) is 0 Å². The Morgan fingerprint density at radius 1 is 1.54 bits per heavy atom. The maximum atomic E-state index is 11.6. The van der Waals surface area contributed by atoms with E-state index in [-0.39, 0.29) is 13.0 Å². The molecule has 0 aliphatic heterocycles. The van der Waals surface area contributed by atoms with Crippen LogP contribution < -0.4 is 5.73 Å². The largest absolute Gasteiger partial charge is 0.389 e. The molecule has 1 atom stereocenters. The first-order chi connectivity index (χ1) is 5.83. The van der Waals surface area contributed by atoms with Crippen molar-refractivity contribution in [2.45, 2.75) is 32.0 Å². The highest BCUT2D eigenvalue weighted by Crippen LogP contribution is 2.21. The molecule has 0 saturated carbocycles. The maximum absolute atomic E-state index is 11.6. The Kier molecular flexibility index (Phi) is 4.76. The third-order valence-corrected chi connectivity index (χ3v) is 1.37. The Balaban J connectivity index is 3.41. The number of amides is 1. The lowest BCUT2D eigenvalue weighted by Gasteiger charge is -2.09. The molecule has 1 amide bonds. The summed E-state index contributed by atoms with van der Waals surface area (Å²) in [6.45, 7) is 1.29. The molecule has 0 saturated heterocycles. The lowest BCUT2D eigenvalue weighted by Crippen LogP contribution is -2.28. The van der Waals surface area contributed by atoms with Gasteiger partial charge in [-0.2, -0.15) is 13.2 Å². The van der Waals surface area contributed by atoms with Crippen molar-refractivity contribution in [2.75, 3.05) is 6.61 Å². The van der Waals surface area contributed by atoms with Crippen LogP contribution in [0.25, 0.3) is 0 Å². The van der Waals surface area contributed by atoms with Gasteiger partial charge in [-0.1, -0.05) is 0 Å². The summed E-state index contributed by atoms with van der Waals surface area (Å²) in [6, 6.07) is 0. The van der Waals surface area contributed by atoms with Gasteiger partial charge in [0.15, 0.2) is 0 Å². The van der Waals surface area contributed by atoms with E-state index in [1.54, 1.807) is 0 Å². The van der Waals surface area contributed by atoms with Gasteiger partial charge in [-0.25, -0.2) is 0 Å². The van der Waals surface area contributed by atoms with Crippen molar-refractivity contribution in [1.82, 2.24) is 0 Å². The molecule has 0 aliphatic carbocycles. The molecule has 6 heteroatoms. The van der Waals surface area contributed by atoms with Crippen LogP contribution in [0.15, 0.2) is 0 Å². The smallest absolute Gasteiger partial charge is 0.369 e. The van der Waals surface area contributed by atoms with E-state index in [1.165, 1.54) is 6.92 Å². The summed E-state index contributed by atoms with van der Waals surface area (Å²) >= 11 is 0. The lowest BCUT2D eigenvalue weighted by atomic mass is 10.3. The Bertz CT molecular complexity index is 170. The molecule has 13 heavy (non-hydrogen) atoms. The topological polar surface area (TPSA) is 52.3 Å². The summed E-state index contributed by atoms with van der Waals surface area (Å²) in [5.41, 5.74) is 4.82. The van der Waals surface area contributed by atoms with E-state index in [1.807, 2.05) is 0 Å². The number of hydrogen-bond donors (Lipinski definition) is 1. The highest BCUT2D eigenvalue weighted by Gasteiger charge is 2.26. The number of carbonyl (C=O) groups is 1. The van der Waals surface area contributed by atoms with E-state index in [2.05, 4.69) is 0 Å². The average Bonchev–Trinajstić information content (AvgIpc) is 1.95. The number of ether oxygens (including phenoxy) is 1. The lowest BCUT2D eigenvalue weighted by molar-refractivity contribution is -0.140. The maximum Gasteiger partial charge on any atom is 0.389 e. The zero-order valence-corrected chi connectivity index (χ0v) is 7.23. The van der Waals surface area contributed by atoms with Crippen LogP contribution >= 0.6 is 0 Å². The summed E-state index contributed by atoms with van der Waals surface area (Å²) in [5.74, 6) is -0.674. The second kappa shape index (κ2) is 5.06. The van der Waals surface area contributed by atoms with Crippen molar-refractivity contribution < 1.29 is 22.7 Å². The fourth-order valence-corrected chi connectivity index (χ4v) is 0.615. The van der Waals surface area contributed by atoms with Crippen molar-refractivity contribution in [3.05, 3.63) is 0 Å². The van der Waals surface area contributed by atoms with Crippen LogP contribution in [0.3, 0.4) is 0 Å². The molecule has 0 bridgehead atoms. The van der Waals surface area contributed by atoms with Gasteiger partial charge in [0, 0.05) is 13.0 Å². The van der Waals surface area contributed by atoms with Gasteiger partial charge in [-0.05, 0) is 13.3 Å². The van der Waals surface area contributed by atoms with Crippen LogP contribution in [0.4, 0.5) is 13.2 Å². The Morgan fingerprint density at radius 2 is 2.08 bits per heavy atom.